The summed E-state index contributed by atoms with van der Waals surface area (Å²) in [5, 5.41) is 30.6. The van der Waals surface area contributed by atoms with Crippen LogP contribution in [0.4, 0.5) is 11.4 Å². The number of halogens is 1. The molecular weight excluding hydrogens is 704 g/mol. The highest BCUT2D eigenvalue weighted by Gasteiger charge is 2.47. The van der Waals surface area contributed by atoms with E-state index < -0.39 is 30.3 Å². The van der Waals surface area contributed by atoms with Crippen LogP contribution in [0.2, 0.25) is 5.02 Å². The summed E-state index contributed by atoms with van der Waals surface area (Å²) < 4.78 is 1.65. The quantitative estimate of drug-likeness (QED) is 0.270. The highest BCUT2D eigenvalue weighted by molar-refractivity contribution is 6.32. The zero-order valence-electron chi connectivity index (χ0n) is 31.7. The molecule has 8 rings (SSSR count). The molecule has 0 spiro atoms. The van der Waals surface area contributed by atoms with Gasteiger partial charge < -0.3 is 25.7 Å². The molecule has 2 aromatic carbocycles. The number of rotatable bonds is 8. The van der Waals surface area contributed by atoms with E-state index >= 15 is 0 Å². The highest BCUT2D eigenvalue weighted by atomic mass is 35.5. The number of benzene rings is 2. The van der Waals surface area contributed by atoms with Crippen LogP contribution in [-0.2, 0) is 15.0 Å². The summed E-state index contributed by atoms with van der Waals surface area (Å²) in [5.41, 5.74) is 11.4. The van der Waals surface area contributed by atoms with Crippen molar-refractivity contribution < 1.29 is 19.8 Å². The lowest BCUT2D eigenvalue weighted by atomic mass is 9.80. The highest BCUT2D eigenvalue weighted by Crippen LogP contribution is 2.52. The van der Waals surface area contributed by atoms with E-state index in [9.17, 15) is 19.8 Å². The molecule has 5 aliphatic rings. The molecule has 4 atom stereocenters. The summed E-state index contributed by atoms with van der Waals surface area (Å²) in [5.74, 6) is 1.36. The number of aliphatic hydroxyl groups excluding tert-OH is 2. The molecule has 1 unspecified atom stereocenters. The number of anilines is 2. The normalized spacial score (nSPS) is 27.4. The minimum Gasteiger partial charge on any atom is -0.391 e. The standard InChI is InChI=1S/C41H53ClN8O4/c1-23(2)36(39(54)48-21-28(51)19-34(48)37(43)52)49-22-31(45-46-49)26-10-8-24(9-11-26)20-47-16-14-25(15-17-47)27-12-13-29-33(18-27)50-32-7-5-6-30(42)35(32)38(53)44-40(50)41(29,3)4/h5-7,12-13,18,22-26,28,34,36,38,51,53H,8-11,14-17,19-21H2,1-4H3,(H2,43,52)/t24?,26?,28-,34+,36+,38?/m1/s1. The van der Waals surface area contributed by atoms with E-state index in [4.69, 9.17) is 22.3 Å². The second-order valence-electron chi connectivity index (χ2n) is 17.1. The maximum atomic E-state index is 13.6. The van der Waals surface area contributed by atoms with Crippen LogP contribution in [0.1, 0.15) is 119 Å². The zero-order valence-corrected chi connectivity index (χ0v) is 32.5. The fraction of sp³-hybridized carbons (Fsp3) is 0.585. The molecule has 2 saturated heterocycles. The SMILES string of the molecule is CC(C)[C@@H](C(=O)N1C[C@H](O)C[C@H]1C(N)=O)n1cc(C2CCC(CN3CCC(c4ccc5c(c4)N4C(=NC(O)c6c(Cl)cccc64)C5(C)C)CC3)CC2)nn1. The minimum atomic E-state index is -0.973. The van der Waals surface area contributed by atoms with Crippen LogP contribution in [0.25, 0.3) is 0 Å². The second-order valence-corrected chi connectivity index (χ2v) is 17.5. The third kappa shape index (κ3) is 6.52. The molecule has 3 fully saturated rings. The number of carbonyl (C=O) groups excluding carboxylic acids is 2. The van der Waals surface area contributed by atoms with E-state index in [1.54, 1.807) is 4.68 Å². The Balaban J connectivity index is 0.867. The lowest BCUT2D eigenvalue weighted by Gasteiger charge is -2.36. The first kappa shape index (κ1) is 37.1. The Kier molecular flexibility index (Phi) is 9.85. The molecule has 1 aliphatic carbocycles. The maximum Gasteiger partial charge on any atom is 0.248 e. The van der Waals surface area contributed by atoms with Gasteiger partial charge in [0.1, 0.15) is 17.9 Å². The van der Waals surface area contributed by atoms with Gasteiger partial charge in [-0.25, -0.2) is 9.67 Å². The summed E-state index contributed by atoms with van der Waals surface area (Å²) in [4.78, 5) is 36.7. The monoisotopic (exact) mass is 756 g/mol. The average Bonchev–Trinajstić information content (AvgIpc) is 3.84. The Morgan fingerprint density at radius 2 is 1.74 bits per heavy atom. The second kappa shape index (κ2) is 14.3. The number of aliphatic imine (C=N–C) groups is 1. The average molecular weight is 757 g/mol. The van der Waals surface area contributed by atoms with Crippen molar-refractivity contribution in [3.05, 3.63) is 70.0 Å². The van der Waals surface area contributed by atoms with Gasteiger partial charge in [-0.3, -0.25) is 14.5 Å². The van der Waals surface area contributed by atoms with E-state index in [0.29, 0.717) is 28.3 Å². The van der Waals surface area contributed by atoms with E-state index in [1.807, 2.05) is 38.2 Å². The minimum absolute atomic E-state index is 0.0860. The third-order valence-corrected chi connectivity index (χ3v) is 13.2. The molecule has 5 heterocycles. The third-order valence-electron chi connectivity index (χ3n) is 12.9. The van der Waals surface area contributed by atoms with Crippen molar-refractivity contribution in [1.29, 1.82) is 0 Å². The molecule has 4 N–H and O–H groups in total. The Morgan fingerprint density at radius 1 is 1.00 bits per heavy atom. The van der Waals surface area contributed by atoms with E-state index in [2.05, 4.69) is 52.2 Å². The molecule has 0 radical (unpaired) electrons. The summed E-state index contributed by atoms with van der Waals surface area (Å²) in [6, 6.07) is 11.3. The van der Waals surface area contributed by atoms with Gasteiger partial charge in [-0.15, -0.1) is 5.10 Å². The van der Waals surface area contributed by atoms with Crippen molar-refractivity contribution in [2.24, 2.45) is 22.6 Å². The van der Waals surface area contributed by atoms with Crippen LogP contribution < -0.4 is 10.6 Å². The van der Waals surface area contributed by atoms with E-state index in [1.165, 1.54) is 16.0 Å². The molecular formula is C41H53ClN8O4. The van der Waals surface area contributed by atoms with Crippen molar-refractivity contribution >= 4 is 40.6 Å². The summed E-state index contributed by atoms with van der Waals surface area (Å²) in [6.07, 6.45) is 6.94. The topological polar surface area (TPSA) is 153 Å². The Hall–Kier alpha value is -3.84. The maximum absolute atomic E-state index is 13.6. The number of amides is 2. The van der Waals surface area contributed by atoms with Crippen molar-refractivity contribution in [1.82, 2.24) is 24.8 Å². The molecule has 3 aromatic rings. The van der Waals surface area contributed by atoms with Crippen LogP contribution >= 0.6 is 11.6 Å². The van der Waals surface area contributed by atoms with Gasteiger partial charge in [-0.05, 0) is 113 Å². The molecule has 288 valence electrons. The summed E-state index contributed by atoms with van der Waals surface area (Å²) >= 11 is 6.57. The number of fused-ring (bicyclic) bond motifs is 5. The predicted octanol–water partition coefficient (Wildman–Crippen LogP) is 5.56. The van der Waals surface area contributed by atoms with Crippen LogP contribution in [0.5, 0.6) is 0 Å². The summed E-state index contributed by atoms with van der Waals surface area (Å²) in [7, 11) is 0. The number of primary amides is 1. The first-order valence-corrected chi connectivity index (χ1v) is 20.1. The van der Waals surface area contributed by atoms with Crippen LogP contribution in [0.3, 0.4) is 0 Å². The number of amidine groups is 1. The molecule has 1 aromatic heterocycles. The van der Waals surface area contributed by atoms with Crippen molar-refractivity contribution in [2.75, 3.05) is 31.1 Å². The number of piperidine rings is 1. The number of β-amino-alcohol motifs (C(OH)–C–C–N with tert-alkyl or cyclic N) is 1. The van der Waals surface area contributed by atoms with Gasteiger partial charge in [0.15, 0.2) is 6.23 Å². The summed E-state index contributed by atoms with van der Waals surface area (Å²) in [6.45, 7) is 11.6. The number of aromatic nitrogens is 3. The number of nitrogens with zero attached hydrogens (tertiary/aromatic N) is 7. The zero-order chi connectivity index (χ0) is 38.1. The molecule has 13 heteroatoms. The first-order valence-electron chi connectivity index (χ1n) is 19.7. The van der Waals surface area contributed by atoms with Crippen LogP contribution in [0.15, 0.2) is 47.6 Å². The van der Waals surface area contributed by atoms with Gasteiger partial charge in [0.05, 0.1) is 28.2 Å². The van der Waals surface area contributed by atoms with Gasteiger partial charge >= 0.3 is 0 Å². The molecule has 1 saturated carbocycles. The van der Waals surface area contributed by atoms with Gasteiger partial charge in [0.25, 0.3) is 0 Å². The van der Waals surface area contributed by atoms with Crippen molar-refractivity contribution in [3.8, 4) is 0 Å². The van der Waals surface area contributed by atoms with Crippen molar-refractivity contribution in [2.45, 2.75) is 114 Å². The number of nitrogens with two attached hydrogens (primary N) is 1. The van der Waals surface area contributed by atoms with Gasteiger partial charge in [0.2, 0.25) is 11.8 Å². The fourth-order valence-electron chi connectivity index (χ4n) is 9.92. The van der Waals surface area contributed by atoms with Crippen LogP contribution in [0, 0.1) is 11.8 Å². The lowest BCUT2D eigenvalue weighted by molar-refractivity contribution is -0.141. The van der Waals surface area contributed by atoms with Gasteiger partial charge in [0, 0.05) is 42.6 Å². The Morgan fingerprint density at radius 3 is 2.44 bits per heavy atom. The number of likely N-dealkylation sites (tertiary alicyclic amines) is 2. The smallest absolute Gasteiger partial charge is 0.248 e. The number of hydrogen-bond donors (Lipinski definition) is 3. The molecule has 54 heavy (non-hydrogen) atoms. The van der Waals surface area contributed by atoms with Gasteiger partial charge in [-0.2, -0.15) is 0 Å². The Labute approximate surface area is 322 Å². The lowest BCUT2D eigenvalue weighted by Crippen LogP contribution is -2.47. The van der Waals surface area contributed by atoms with Gasteiger partial charge in [-0.1, -0.05) is 48.9 Å². The van der Waals surface area contributed by atoms with E-state index in [0.717, 1.165) is 81.1 Å². The van der Waals surface area contributed by atoms with E-state index in [-0.39, 0.29) is 30.2 Å². The molecule has 2 amide bonds. The Bertz CT molecular complexity index is 1950. The first-order chi connectivity index (χ1) is 25.8. The molecule has 4 aliphatic heterocycles. The molecule has 0 bridgehead atoms. The number of hydrogen-bond acceptors (Lipinski definition) is 9. The van der Waals surface area contributed by atoms with Crippen LogP contribution in [-0.4, -0.2) is 91.0 Å². The largest absolute Gasteiger partial charge is 0.391 e. The number of carbonyl (C=O) groups is 2. The predicted molar refractivity (Wildman–Crippen MR) is 208 cm³/mol. The molecule has 12 nitrogen and oxygen atoms in total. The number of aliphatic hydroxyl groups is 2. The van der Waals surface area contributed by atoms with Crippen molar-refractivity contribution in [3.63, 3.8) is 0 Å². The fourth-order valence-corrected chi connectivity index (χ4v) is 10.2.